The molecule has 6 heteroatoms. The van der Waals surface area contributed by atoms with E-state index in [1.165, 1.54) is 0 Å². The third-order valence-corrected chi connectivity index (χ3v) is 2.91. The number of rotatable bonds is 6. The van der Waals surface area contributed by atoms with E-state index >= 15 is 0 Å². The van der Waals surface area contributed by atoms with Crippen molar-refractivity contribution >= 4 is 6.09 Å². The van der Waals surface area contributed by atoms with Crippen LogP contribution < -0.4 is 0 Å². The first-order chi connectivity index (χ1) is 9.31. The molecule has 1 rings (SSSR count). The van der Waals surface area contributed by atoms with Gasteiger partial charge in [-0.3, -0.25) is 0 Å². The molecule has 0 bridgehead atoms. The Bertz CT molecular complexity index is 398. The molecule has 114 valence electrons. The first-order valence-electron chi connectivity index (χ1n) is 7.12. The van der Waals surface area contributed by atoms with Gasteiger partial charge in [-0.25, -0.2) is 4.79 Å². The van der Waals surface area contributed by atoms with E-state index in [0.29, 0.717) is 19.0 Å². The second kappa shape index (κ2) is 7.26. The lowest BCUT2D eigenvalue weighted by molar-refractivity contribution is 0.0251. The zero-order valence-corrected chi connectivity index (χ0v) is 13.2. The Labute approximate surface area is 121 Å². The normalized spacial score (nSPS) is 13.1. The molecule has 0 aliphatic carbocycles. The number of amides is 1. The van der Waals surface area contributed by atoms with Gasteiger partial charge >= 0.3 is 6.09 Å². The van der Waals surface area contributed by atoms with Gasteiger partial charge in [-0.1, -0.05) is 6.92 Å². The monoisotopic (exact) mass is 282 g/mol. The standard InChI is InChI=1S/C14H26N4O2/c1-6-18(13(19)20-14(3,4)5)8-7-12(2)9-17-10-15-16-11-17/h10-12H,6-9H2,1-5H3. The minimum absolute atomic E-state index is 0.239. The zero-order chi connectivity index (χ0) is 15.2. The minimum Gasteiger partial charge on any atom is -0.444 e. The number of carbonyl (C=O) groups is 1. The third-order valence-electron chi connectivity index (χ3n) is 2.91. The number of aromatic nitrogens is 3. The van der Waals surface area contributed by atoms with Crippen molar-refractivity contribution in [3.05, 3.63) is 12.7 Å². The molecule has 0 N–H and O–H groups in total. The van der Waals surface area contributed by atoms with E-state index in [1.807, 2.05) is 32.3 Å². The zero-order valence-electron chi connectivity index (χ0n) is 13.2. The van der Waals surface area contributed by atoms with Gasteiger partial charge in [0.2, 0.25) is 0 Å². The molecule has 1 unspecified atom stereocenters. The van der Waals surface area contributed by atoms with E-state index in [1.54, 1.807) is 17.6 Å². The number of hydrogen-bond donors (Lipinski definition) is 0. The van der Waals surface area contributed by atoms with Gasteiger partial charge in [0.25, 0.3) is 0 Å². The van der Waals surface area contributed by atoms with Crippen molar-refractivity contribution in [1.29, 1.82) is 0 Å². The summed E-state index contributed by atoms with van der Waals surface area (Å²) in [6.07, 6.45) is 4.10. The Morgan fingerprint density at radius 2 is 1.95 bits per heavy atom. The van der Waals surface area contributed by atoms with Crippen molar-refractivity contribution < 1.29 is 9.53 Å². The summed E-state index contributed by atoms with van der Waals surface area (Å²) in [4.78, 5) is 13.7. The Morgan fingerprint density at radius 3 is 2.45 bits per heavy atom. The SMILES string of the molecule is CCN(CCC(C)Cn1cnnc1)C(=O)OC(C)(C)C. The molecule has 1 aromatic heterocycles. The van der Waals surface area contributed by atoms with Gasteiger partial charge in [0.05, 0.1) is 0 Å². The van der Waals surface area contributed by atoms with Gasteiger partial charge in [0.15, 0.2) is 0 Å². The fourth-order valence-corrected chi connectivity index (χ4v) is 1.85. The first-order valence-corrected chi connectivity index (χ1v) is 7.12. The molecule has 0 aliphatic rings. The fourth-order valence-electron chi connectivity index (χ4n) is 1.85. The molecule has 0 saturated heterocycles. The maximum Gasteiger partial charge on any atom is 0.410 e. The summed E-state index contributed by atoms with van der Waals surface area (Å²) in [5.41, 5.74) is -0.446. The Kier molecular flexibility index (Phi) is 5.98. The molecule has 1 aromatic rings. The van der Waals surface area contributed by atoms with Crippen molar-refractivity contribution in [1.82, 2.24) is 19.7 Å². The van der Waals surface area contributed by atoms with Crippen LogP contribution in [-0.4, -0.2) is 44.4 Å². The predicted octanol–water partition coefficient (Wildman–Crippen LogP) is 2.56. The van der Waals surface area contributed by atoms with Crippen LogP contribution in [0.3, 0.4) is 0 Å². The van der Waals surface area contributed by atoms with Gasteiger partial charge in [-0.15, -0.1) is 10.2 Å². The summed E-state index contributed by atoms with van der Waals surface area (Å²) < 4.78 is 7.34. The molecule has 6 nitrogen and oxygen atoms in total. The molecule has 1 atom stereocenters. The summed E-state index contributed by atoms with van der Waals surface area (Å²) in [5, 5.41) is 7.57. The van der Waals surface area contributed by atoms with Crippen molar-refractivity contribution in [3.63, 3.8) is 0 Å². The van der Waals surface area contributed by atoms with E-state index in [-0.39, 0.29) is 6.09 Å². The van der Waals surface area contributed by atoms with Crippen LogP contribution in [0.15, 0.2) is 12.7 Å². The highest BCUT2D eigenvalue weighted by atomic mass is 16.6. The van der Waals surface area contributed by atoms with Gasteiger partial charge < -0.3 is 14.2 Å². The maximum absolute atomic E-state index is 12.0. The van der Waals surface area contributed by atoms with Gasteiger partial charge in [-0.05, 0) is 40.0 Å². The van der Waals surface area contributed by atoms with Crippen LogP contribution in [0.25, 0.3) is 0 Å². The summed E-state index contributed by atoms with van der Waals surface area (Å²) in [6, 6.07) is 0. The summed E-state index contributed by atoms with van der Waals surface area (Å²) in [5.74, 6) is 0.447. The van der Waals surface area contributed by atoms with Crippen LogP contribution in [-0.2, 0) is 11.3 Å². The van der Waals surface area contributed by atoms with E-state index in [9.17, 15) is 4.79 Å². The van der Waals surface area contributed by atoms with E-state index in [2.05, 4.69) is 17.1 Å². The third kappa shape index (κ3) is 6.04. The van der Waals surface area contributed by atoms with Crippen LogP contribution in [0, 0.1) is 5.92 Å². The van der Waals surface area contributed by atoms with E-state index < -0.39 is 5.60 Å². The molecular formula is C14H26N4O2. The molecular weight excluding hydrogens is 256 g/mol. The largest absolute Gasteiger partial charge is 0.444 e. The fraction of sp³-hybridized carbons (Fsp3) is 0.786. The highest BCUT2D eigenvalue weighted by Gasteiger charge is 2.21. The predicted molar refractivity (Wildman–Crippen MR) is 77.3 cm³/mol. The number of nitrogens with zero attached hydrogens (tertiary/aromatic N) is 4. The first kappa shape index (κ1) is 16.5. The maximum atomic E-state index is 12.0. The van der Waals surface area contributed by atoms with Crippen LogP contribution in [0.4, 0.5) is 4.79 Å². The quantitative estimate of drug-likeness (QED) is 0.804. The number of carbonyl (C=O) groups excluding carboxylic acids is 1. The van der Waals surface area contributed by atoms with Crippen LogP contribution >= 0.6 is 0 Å². The van der Waals surface area contributed by atoms with Gasteiger partial charge in [-0.2, -0.15) is 0 Å². The molecule has 0 fully saturated rings. The smallest absolute Gasteiger partial charge is 0.410 e. The van der Waals surface area contributed by atoms with Crippen molar-refractivity contribution in [3.8, 4) is 0 Å². The molecule has 0 spiro atoms. The minimum atomic E-state index is -0.446. The molecule has 0 aromatic carbocycles. The lowest BCUT2D eigenvalue weighted by atomic mass is 10.1. The highest BCUT2D eigenvalue weighted by Crippen LogP contribution is 2.12. The molecule has 0 radical (unpaired) electrons. The molecule has 1 heterocycles. The van der Waals surface area contributed by atoms with Crippen molar-refractivity contribution in [2.24, 2.45) is 5.92 Å². The highest BCUT2D eigenvalue weighted by molar-refractivity contribution is 5.68. The van der Waals surface area contributed by atoms with Crippen LogP contribution in [0.2, 0.25) is 0 Å². The van der Waals surface area contributed by atoms with Gasteiger partial charge in [0, 0.05) is 19.6 Å². The molecule has 1 amide bonds. The average molecular weight is 282 g/mol. The summed E-state index contributed by atoms with van der Waals surface area (Å²) >= 11 is 0. The lowest BCUT2D eigenvalue weighted by Crippen LogP contribution is -2.37. The second-order valence-electron chi connectivity index (χ2n) is 6.11. The van der Waals surface area contributed by atoms with Crippen LogP contribution in [0.1, 0.15) is 41.0 Å². The van der Waals surface area contributed by atoms with Crippen molar-refractivity contribution in [2.75, 3.05) is 13.1 Å². The van der Waals surface area contributed by atoms with Crippen molar-refractivity contribution in [2.45, 2.75) is 53.2 Å². The lowest BCUT2D eigenvalue weighted by Gasteiger charge is -2.27. The number of hydrogen-bond acceptors (Lipinski definition) is 4. The summed E-state index contributed by atoms with van der Waals surface area (Å²) in [7, 11) is 0. The summed E-state index contributed by atoms with van der Waals surface area (Å²) in [6.45, 7) is 12.0. The average Bonchev–Trinajstić information content (AvgIpc) is 2.80. The molecule has 0 saturated carbocycles. The van der Waals surface area contributed by atoms with Gasteiger partial charge in [0.1, 0.15) is 18.3 Å². The molecule has 0 aliphatic heterocycles. The topological polar surface area (TPSA) is 60.2 Å². The van der Waals surface area contributed by atoms with E-state index in [0.717, 1.165) is 13.0 Å². The van der Waals surface area contributed by atoms with Crippen LogP contribution in [0.5, 0.6) is 0 Å². The Balaban J connectivity index is 2.38. The second-order valence-corrected chi connectivity index (χ2v) is 6.11. The van der Waals surface area contributed by atoms with E-state index in [4.69, 9.17) is 4.74 Å². The molecule has 20 heavy (non-hydrogen) atoms. The number of ether oxygens (including phenoxy) is 1. The Morgan fingerprint density at radius 1 is 1.35 bits per heavy atom. The Hall–Kier alpha value is -1.59.